The lowest BCUT2D eigenvalue weighted by Crippen LogP contribution is -2.47. The van der Waals surface area contributed by atoms with Crippen molar-refractivity contribution in [2.75, 3.05) is 38.2 Å². The van der Waals surface area contributed by atoms with Gasteiger partial charge in [0, 0.05) is 55.6 Å². The van der Waals surface area contributed by atoms with Crippen molar-refractivity contribution in [2.24, 2.45) is 0 Å². The van der Waals surface area contributed by atoms with Gasteiger partial charge in [-0.15, -0.1) is 0 Å². The molecule has 0 spiro atoms. The van der Waals surface area contributed by atoms with Gasteiger partial charge in [0.25, 0.3) is 0 Å². The molecule has 0 amide bonds. The summed E-state index contributed by atoms with van der Waals surface area (Å²) < 4.78 is 5.36. The molecule has 0 aliphatic carbocycles. The second-order valence-electron chi connectivity index (χ2n) is 6.94. The molecule has 4 nitrogen and oxygen atoms in total. The van der Waals surface area contributed by atoms with Crippen LogP contribution in [-0.2, 0) is 0 Å². The number of piperazine rings is 1. The van der Waals surface area contributed by atoms with Gasteiger partial charge in [0.15, 0.2) is 0 Å². The molecule has 0 saturated carbocycles. The average Bonchev–Trinajstić information content (AvgIpc) is 2.73. The van der Waals surface area contributed by atoms with Crippen LogP contribution in [0.2, 0.25) is 5.02 Å². The molecule has 1 fully saturated rings. The average molecular weight is 382 g/mol. The molecule has 140 valence electrons. The second-order valence-corrected chi connectivity index (χ2v) is 7.34. The van der Waals surface area contributed by atoms with Crippen molar-refractivity contribution < 1.29 is 4.74 Å². The second kappa shape index (κ2) is 7.75. The van der Waals surface area contributed by atoms with Crippen molar-refractivity contribution in [1.82, 2.24) is 9.88 Å². The minimum Gasteiger partial charge on any atom is -0.495 e. The molecule has 0 radical (unpaired) electrons. The molecule has 0 bridgehead atoms. The SMILES string of the molecule is COc1cc(N2CCN(C(C)c3ccnc4ccccc34)CC2)ccc1Cl. The highest BCUT2D eigenvalue weighted by Crippen LogP contribution is 2.31. The Bertz CT molecular complexity index is 932. The number of rotatable bonds is 4. The third-order valence-corrected chi connectivity index (χ3v) is 5.81. The lowest BCUT2D eigenvalue weighted by molar-refractivity contribution is 0.199. The topological polar surface area (TPSA) is 28.6 Å². The maximum Gasteiger partial charge on any atom is 0.139 e. The number of anilines is 1. The van der Waals surface area contributed by atoms with Crippen molar-refractivity contribution in [3.63, 3.8) is 0 Å². The van der Waals surface area contributed by atoms with Gasteiger partial charge >= 0.3 is 0 Å². The quantitative estimate of drug-likeness (QED) is 0.650. The van der Waals surface area contributed by atoms with Crippen molar-refractivity contribution in [2.45, 2.75) is 13.0 Å². The Balaban J connectivity index is 1.49. The number of hydrogen-bond acceptors (Lipinski definition) is 4. The van der Waals surface area contributed by atoms with E-state index in [1.807, 2.05) is 24.4 Å². The van der Waals surface area contributed by atoms with Crippen molar-refractivity contribution in [3.05, 3.63) is 65.3 Å². The Hall–Kier alpha value is -2.30. The molecule has 1 saturated heterocycles. The maximum absolute atomic E-state index is 6.16. The number of para-hydroxylation sites is 1. The molecule has 27 heavy (non-hydrogen) atoms. The molecule has 1 aliphatic rings. The fraction of sp³-hybridized carbons (Fsp3) is 0.318. The zero-order valence-corrected chi connectivity index (χ0v) is 16.5. The molecule has 1 aliphatic heterocycles. The third-order valence-electron chi connectivity index (χ3n) is 5.49. The summed E-state index contributed by atoms with van der Waals surface area (Å²) in [6.45, 7) is 6.30. The van der Waals surface area contributed by atoms with Gasteiger partial charge < -0.3 is 9.64 Å². The molecule has 1 atom stereocenters. The van der Waals surface area contributed by atoms with Gasteiger partial charge in [0.1, 0.15) is 5.75 Å². The lowest BCUT2D eigenvalue weighted by Gasteiger charge is -2.39. The number of hydrogen-bond donors (Lipinski definition) is 0. The van der Waals surface area contributed by atoms with E-state index in [-0.39, 0.29) is 0 Å². The number of aromatic nitrogens is 1. The van der Waals surface area contributed by atoms with Crippen LogP contribution < -0.4 is 9.64 Å². The molecular weight excluding hydrogens is 358 g/mol. The van der Waals surface area contributed by atoms with Crippen LogP contribution >= 0.6 is 11.6 Å². The smallest absolute Gasteiger partial charge is 0.139 e. The van der Waals surface area contributed by atoms with Gasteiger partial charge in [-0.3, -0.25) is 9.88 Å². The standard InChI is InChI=1S/C22H24ClN3O/c1-16(18-9-10-24-21-6-4-3-5-19(18)21)25-11-13-26(14-12-25)17-7-8-20(23)22(15-17)27-2/h3-10,15-16H,11-14H2,1-2H3. The molecule has 0 N–H and O–H groups in total. The van der Waals surface area contributed by atoms with E-state index in [4.69, 9.17) is 16.3 Å². The first-order valence-corrected chi connectivity index (χ1v) is 9.71. The minimum atomic E-state index is 0.361. The Morgan fingerprint density at radius 2 is 1.81 bits per heavy atom. The van der Waals surface area contributed by atoms with E-state index < -0.39 is 0 Å². The number of methoxy groups -OCH3 is 1. The first-order valence-electron chi connectivity index (χ1n) is 9.33. The first kappa shape index (κ1) is 18.1. The van der Waals surface area contributed by atoms with Gasteiger partial charge in [-0.2, -0.15) is 0 Å². The van der Waals surface area contributed by atoms with Crippen LogP contribution in [0.15, 0.2) is 54.7 Å². The molecule has 3 aromatic rings. The number of ether oxygens (including phenoxy) is 1. The van der Waals surface area contributed by atoms with Crippen molar-refractivity contribution in [1.29, 1.82) is 0 Å². The van der Waals surface area contributed by atoms with E-state index in [1.165, 1.54) is 10.9 Å². The monoisotopic (exact) mass is 381 g/mol. The van der Waals surface area contributed by atoms with Crippen molar-refractivity contribution in [3.8, 4) is 5.75 Å². The van der Waals surface area contributed by atoms with Gasteiger partial charge in [-0.25, -0.2) is 0 Å². The summed E-state index contributed by atoms with van der Waals surface area (Å²) >= 11 is 6.16. The number of nitrogens with zero attached hydrogens (tertiary/aromatic N) is 3. The number of fused-ring (bicyclic) bond motifs is 1. The highest BCUT2D eigenvalue weighted by atomic mass is 35.5. The summed E-state index contributed by atoms with van der Waals surface area (Å²) in [7, 11) is 1.66. The van der Waals surface area contributed by atoms with E-state index >= 15 is 0 Å². The van der Waals surface area contributed by atoms with Crippen LogP contribution in [0.5, 0.6) is 5.75 Å². The Labute approximate surface area is 165 Å². The van der Waals surface area contributed by atoms with Gasteiger partial charge in [0.05, 0.1) is 17.6 Å². The molecule has 2 aromatic carbocycles. The van der Waals surface area contributed by atoms with E-state index in [0.717, 1.165) is 43.1 Å². The lowest BCUT2D eigenvalue weighted by atomic mass is 10.0. The fourth-order valence-electron chi connectivity index (χ4n) is 3.89. The van der Waals surface area contributed by atoms with Crippen LogP contribution in [0.3, 0.4) is 0 Å². The van der Waals surface area contributed by atoms with Crippen LogP contribution in [0.25, 0.3) is 10.9 Å². The maximum atomic E-state index is 6.16. The zero-order valence-electron chi connectivity index (χ0n) is 15.7. The minimum absolute atomic E-state index is 0.361. The third kappa shape index (κ3) is 3.60. The van der Waals surface area contributed by atoms with Crippen LogP contribution in [0, 0.1) is 0 Å². The Morgan fingerprint density at radius 3 is 2.59 bits per heavy atom. The Kier molecular flexibility index (Phi) is 5.19. The predicted molar refractivity (Wildman–Crippen MR) is 112 cm³/mol. The van der Waals surface area contributed by atoms with Crippen molar-refractivity contribution >= 4 is 28.2 Å². The molecule has 4 rings (SSSR count). The van der Waals surface area contributed by atoms with Gasteiger partial charge in [-0.1, -0.05) is 29.8 Å². The molecular formula is C22H24ClN3O. The van der Waals surface area contributed by atoms with Crippen LogP contribution in [0.4, 0.5) is 5.69 Å². The summed E-state index contributed by atoms with van der Waals surface area (Å²) in [5.74, 6) is 0.730. The number of pyridine rings is 1. The number of halogens is 1. The Morgan fingerprint density at radius 1 is 1.04 bits per heavy atom. The highest BCUT2D eigenvalue weighted by Gasteiger charge is 2.23. The summed E-state index contributed by atoms with van der Waals surface area (Å²) in [6.07, 6.45) is 1.92. The molecule has 5 heteroatoms. The van der Waals surface area contributed by atoms with E-state index in [1.54, 1.807) is 7.11 Å². The summed E-state index contributed by atoms with van der Waals surface area (Å²) in [5, 5.41) is 1.90. The summed E-state index contributed by atoms with van der Waals surface area (Å²) in [5.41, 5.74) is 3.58. The summed E-state index contributed by atoms with van der Waals surface area (Å²) in [6, 6.07) is 16.9. The number of benzene rings is 2. The normalized spacial score (nSPS) is 16.5. The highest BCUT2D eigenvalue weighted by molar-refractivity contribution is 6.32. The predicted octanol–water partition coefficient (Wildman–Crippen LogP) is 4.78. The van der Waals surface area contributed by atoms with E-state index in [0.29, 0.717) is 11.1 Å². The van der Waals surface area contributed by atoms with Crippen LogP contribution in [0.1, 0.15) is 18.5 Å². The van der Waals surface area contributed by atoms with E-state index in [2.05, 4.69) is 52.0 Å². The molecule has 1 unspecified atom stereocenters. The fourth-order valence-corrected chi connectivity index (χ4v) is 4.09. The molecule has 2 heterocycles. The largest absolute Gasteiger partial charge is 0.495 e. The first-order chi connectivity index (χ1) is 13.2. The zero-order chi connectivity index (χ0) is 18.8. The van der Waals surface area contributed by atoms with Gasteiger partial charge in [-0.05, 0) is 36.8 Å². The van der Waals surface area contributed by atoms with Gasteiger partial charge in [0.2, 0.25) is 0 Å². The van der Waals surface area contributed by atoms with Crippen LogP contribution in [-0.4, -0.2) is 43.2 Å². The summed E-state index contributed by atoms with van der Waals surface area (Å²) in [4.78, 5) is 9.44. The van der Waals surface area contributed by atoms with E-state index in [9.17, 15) is 0 Å². The molecule has 1 aromatic heterocycles.